The lowest BCUT2D eigenvalue weighted by molar-refractivity contribution is -0.210. The number of alkyl halides is 3. The Hall–Kier alpha value is -0.0500. The third-order valence-corrected chi connectivity index (χ3v) is 2.92. The van der Waals surface area contributed by atoms with Crippen LogP contribution < -0.4 is 5.73 Å². The molecule has 0 aliphatic carbocycles. The van der Waals surface area contributed by atoms with E-state index in [9.17, 15) is 13.2 Å². The molecule has 0 unspecified atom stereocenters. The van der Waals surface area contributed by atoms with Gasteiger partial charge in [0.2, 0.25) is 0 Å². The van der Waals surface area contributed by atoms with Crippen LogP contribution in [0.1, 0.15) is 11.6 Å². The number of benzene rings is 1. The van der Waals surface area contributed by atoms with E-state index in [0.29, 0.717) is 9.13 Å². The molecular weight excluding hydrogens is 357 g/mol. The van der Waals surface area contributed by atoms with Gasteiger partial charge in [0.1, 0.15) is 0 Å². The quantitative estimate of drug-likeness (QED) is 0.790. The average Bonchev–Trinajstić information content (AvgIpc) is 2.15. The second-order valence-corrected chi connectivity index (χ2v) is 4.20. The van der Waals surface area contributed by atoms with E-state index in [1.54, 1.807) is 18.2 Å². The Morgan fingerprint density at radius 3 is 2.19 bits per heavy atom. The van der Waals surface area contributed by atoms with Gasteiger partial charge in [-0.1, -0.05) is 18.2 Å². The molecule has 7 heteroatoms. The minimum Gasteiger partial charge on any atom is -0.382 e. The first-order valence-corrected chi connectivity index (χ1v) is 5.16. The van der Waals surface area contributed by atoms with Crippen LogP contribution >= 0.6 is 35.0 Å². The molecule has 0 radical (unpaired) electrons. The van der Waals surface area contributed by atoms with E-state index in [2.05, 4.69) is 0 Å². The van der Waals surface area contributed by atoms with Crippen molar-refractivity contribution in [2.24, 2.45) is 5.73 Å². The van der Waals surface area contributed by atoms with E-state index in [-0.39, 0.29) is 12.4 Å². The maximum absolute atomic E-state index is 12.2. The Labute approximate surface area is 111 Å². The Morgan fingerprint density at radius 2 is 1.75 bits per heavy atom. The van der Waals surface area contributed by atoms with Gasteiger partial charge in [-0.3, -0.25) is 0 Å². The average molecular weight is 368 g/mol. The summed E-state index contributed by atoms with van der Waals surface area (Å²) in [5.41, 5.74) is 5.65. The molecule has 0 aliphatic heterocycles. The molecule has 2 nitrogen and oxygen atoms in total. The van der Waals surface area contributed by atoms with Gasteiger partial charge >= 0.3 is 6.18 Å². The summed E-state index contributed by atoms with van der Waals surface area (Å²) in [6.07, 6.45) is -7.23. The third-order valence-electron chi connectivity index (χ3n) is 1.94. The highest BCUT2D eigenvalue weighted by Gasteiger charge is 2.43. The summed E-state index contributed by atoms with van der Waals surface area (Å²) in [4.78, 5) is 0. The number of nitrogens with two attached hydrogens (primary N) is 1. The standard InChI is InChI=1S/C9H9F3INO.ClH/c10-9(11,12)8(15)7(14)5-3-1-2-4-6(5)13;/h1-4,7-8,15H,14H2;1H/t7-,8-;/m1./s1. The maximum atomic E-state index is 12.2. The van der Waals surface area contributed by atoms with Gasteiger partial charge in [-0.05, 0) is 34.2 Å². The van der Waals surface area contributed by atoms with E-state index >= 15 is 0 Å². The monoisotopic (exact) mass is 367 g/mol. The zero-order valence-electron chi connectivity index (χ0n) is 7.91. The van der Waals surface area contributed by atoms with Crippen molar-refractivity contribution < 1.29 is 18.3 Å². The summed E-state index contributed by atoms with van der Waals surface area (Å²) in [7, 11) is 0. The molecule has 0 spiro atoms. The summed E-state index contributed by atoms with van der Waals surface area (Å²) in [5, 5.41) is 8.98. The number of hydrogen-bond donors (Lipinski definition) is 2. The fraction of sp³-hybridized carbons (Fsp3) is 0.333. The molecule has 0 saturated heterocycles. The normalized spacial score (nSPS) is 15.1. The highest BCUT2D eigenvalue weighted by Crippen LogP contribution is 2.30. The number of rotatable bonds is 2. The van der Waals surface area contributed by atoms with Crippen molar-refractivity contribution in [3.8, 4) is 0 Å². The van der Waals surface area contributed by atoms with Crippen molar-refractivity contribution in [1.82, 2.24) is 0 Å². The first-order chi connectivity index (χ1) is 6.84. The minimum absolute atomic E-state index is 0. The SMILES string of the molecule is Cl.N[C@H](c1ccccc1I)[C@@H](O)C(F)(F)F. The van der Waals surface area contributed by atoms with E-state index in [4.69, 9.17) is 10.8 Å². The summed E-state index contributed by atoms with van der Waals surface area (Å²) in [6, 6.07) is 4.94. The Balaban J connectivity index is 0.00000225. The van der Waals surface area contributed by atoms with Crippen molar-refractivity contribution in [2.75, 3.05) is 0 Å². The molecule has 0 fully saturated rings. The van der Waals surface area contributed by atoms with Gasteiger partial charge in [-0.15, -0.1) is 12.4 Å². The summed E-state index contributed by atoms with van der Waals surface area (Å²) < 4.78 is 37.2. The molecule has 1 aromatic carbocycles. The summed E-state index contributed by atoms with van der Waals surface area (Å²) >= 11 is 1.88. The van der Waals surface area contributed by atoms with Gasteiger partial charge in [-0.2, -0.15) is 13.2 Å². The maximum Gasteiger partial charge on any atom is 0.416 e. The van der Waals surface area contributed by atoms with Crippen LogP contribution in [0.3, 0.4) is 0 Å². The van der Waals surface area contributed by atoms with Gasteiger partial charge < -0.3 is 10.8 Å². The van der Waals surface area contributed by atoms with E-state index in [0.717, 1.165) is 0 Å². The molecule has 0 saturated carbocycles. The fourth-order valence-corrected chi connectivity index (χ4v) is 1.87. The van der Waals surface area contributed by atoms with Gasteiger partial charge in [0.25, 0.3) is 0 Å². The highest BCUT2D eigenvalue weighted by atomic mass is 127. The molecule has 0 aromatic heterocycles. The lowest BCUT2D eigenvalue weighted by Crippen LogP contribution is -2.39. The van der Waals surface area contributed by atoms with Crippen LogP contribution in [0.2, 0.25) is 0 Å². The van der Waals surface area contributed by atoms with Gasteiger partial charge in [0.15, 0.2) is 6.10 Å². The fourth-order valence-electron chi connectivity index (χ4n) is 1.12. The molecule has 16 heavy (non-hydrogen) atoms. The number of hydrogen-bond acceptors (Lipinski definition) is 2. The summed E-state index contributed by atoms with van der Waals surface area (Å²) in [6.45, 7) is 0. The Morgan fingerprint density at radius 1 is 1.25 bits per heavy atom. The van der Waals surface area contributed by atoms with Crippen LogP contribution in [0.25, 0.3) is 0 Å². The van der Waals surface area contributed by atoms with Crippen LogP contribution in [-0.4, -0.2) is 17.4 Å². The van der Waals surface area contributed by atoms with Crippen molar-refractivity contribution >= 4 is 35.0 Å². The minimum atomic E-state index is -4.70. The zero-order chi connectivity index (χ0) is 11.6. The van der Waals surface area contributed by atoms with Crippen molar-refractivity contribution in [1.29, 1.82) is 0 Å². The molecule has 0 bridgehead atoms. The van der Waals surface area contributed by atoms with E-state index in [1.165, 1.54) is 6.07 Å². The Bertz CT molecular complexity index is 348. The molecule has 92 valence electrons. The Kier molecular flexibility index (Phi) is 6.02. The second kappa shape index (κ2) is 6.04. The topological polar surface area (TPSA) is 46.2 Å². The number of aliphatic hydroxyl groups excluding tert-OH is 1. The van der Waals surface area contributed by atoms with E-state index < -0.39 is 18.3 Å². The smallest absolute Gasteiger partial charge is 0.382 e. The zero-order valence-corrected chi connectivity index (χ0v) is 10.9. The molecule has 2 atom stereocenters. The predicted molar refractivity (Wildman–Crippen MR) is 65.4 cm³/mol. The number of halogens is 5. The number of aliphatic hydroxyl groups is 1. The first-order valence-electron chi connectivity index (χ1n) is 4.09. The van der Waals surface area contributed by atoms with Gasteiger partial charge in [0.05, 0.1) is 6.04 Å². The molecule has 3 N–H and O–H groups in total. The van der Waals surface area contributed by atoms with Crippen LogP contribution in [-0.2, 0) is 0 Å². The van der Waals surface area contributed by atoms with Crippen LogP contribution in [0.5, 0.6) is 0 Å². The third kappa shape index (κ3) is 3.76. The van der Waals surface area contributed by atoms with E-state index in [1.807, 2.05) is 22.6 Å². The highest BCUT2D eigenvalue weighted by molar-refractivity contribution is 14.1. The first kappa shape index (κ1) is 16.0. The van der Waals surface area contributed by atoms with Crippen LogP contribution in [0.15, 0.2) is 24.3 Å². The van der Waals surface area contributed by atoms with Crippen LogP contribution in [0.4, 0.5) is 13.2 Å². The lowest BCUT2D eigenvalue weighted by Gasteiger charge is -2.22. The molecule has 0 amide bonds. The largest absolute Gasteiger partial charge is 0.416 e. The second-order valence-electron chi connectivity index (χ2n) is 3.03. The van der Waals surface area contributed by atoms with Crippen molar-refractivity contribution in [2.45, 2.75) is 18.3 Å². The molecular formula is C9H10ClF3INO. The van der Waals surface area contributed by atoms with Crippen molar-refractivity contribution in [3.05, 3.63) is 33.4 Å². The lowest BCUT2D eigenvalue weighted by atomic mass is 10.0. The van der Waals surface area contributed by atoms with Gasteiger partial charge in [0, 0.05) is 3.57 Å². The molecule has 0 aliphatic rings. The molecule has 0 heterocycles. The van der Waals surface area contributed by atoms with Gasteiger partial charge in [-0.25, -0.2) is 0 Å². The molecule has 1 rings (SSSR count). The summed E-state index contributed by atoms with van der Waals surface area (Å²) in [5.74, 6) is 0. The van der Waals surface area contributed by atoms with Crippen molar-refractivity contribution in [3.63, 3.8) is 0 Å². The van der Waals surface area contributed by atoms with Crippen LogP contribution in [0, 0.1) is 3.57 Å². The molecule has 1 aromatic rings. The predicted octanol–water partition coefficient (Wildman–Crippen LogP) is 2.64.